The number of guanidine groups is 1. The minimum absolute atomic E-state index is 0.149. The van der Waals surface area contributed by atoms with E-state index in [1.165, 1.54) is 5.56 Å². The standard InChI is InChI=1S/C18H31N3OS/c1-7-19-17(21-13-18(3,4)23-6)20-12-14(2)15-10-8-9-11-16(15)22-5/h8-11,14H,7,12-13H2,1-6H3,(H2,19,20,21). The normalized spacial score (nSPS) is 13.6. The molecule has 0 heterocycles. The second-order valence-electron chi connectivity index (χ2n) is 6.18. The van der Waals surface area contributed by atoms with Crippen molar-refractivity contribution < 1.29 is 4.74 Å². The van der Waals surface area contributed by atoms with E-state index in [0.29, 0.717) is 5.92 Å². The quantitative estimate of drug-likeness (QED) is 0.563. The molecule has 0 bridgehead atoms. The molecule has 0 spiro atoms. The number of aliphatic imine (C=N–C) groups is 1. The predicted octanol–water partition coefficient (Wildman–Crippen LogP) is 3.50. The van der Waals surface area contributed by atoms with Crippen LogP contribution in [0.2, 0.25) is 0 Å². The maximum Gasteiger partial charge on any atom is 0.191 e. The number of nitrogens with one attached hydrogen (secondary N) is 2. The Morgan fingerprint density at radius 2 is 2.00 bits per heavy atom. The summed E-state index contributed by atoms with van der Waals surface area (Å²) in [5.41, 5.74) is 1.21. The van der Waals surface area contributed by atoms with Crippen LogP contribution in [0.3, 0.4) is 0 Å². The minimum atomic E-state index is 0.149. The third-order valence-electron chi connectivity index (χ3n) is 3.76. The highest BCUT2D eigenvalue weighted by atomic mass is 32.2. The van der Waals surface area contributed by atoms with Crippen LogP contribution in [0.1, 0.15) is 39.2 Å². The molecule has 1 unspecified atom stereocenters. The Bertz CT molecular complexity index is 503. The smallest absolute Gasteiger partial charge is 0.191 e. The number of thioether (sulfide) groups is 1. The van der Waals surface area contributed by atoms with Gasteiger partial charge in [-0.1, -0.05) is 25.1 Å². The van der Waals surface area contributed by atoms with Crippen LogP contribution in [-0.2, 0) is 0 Å². The molecule has 1 atom stereocenters. The van der Waals surface area contributed by atoms with E-state index >= 15 is 0 Å². The van der Waals surface area contributed by atoms with Crippen molar-refractivity contribution in [3.63, 3.8) is 0 Å². The monoisotopic (exact) mass is 337 g/mol. The van der Waals surface area contributed by atoms with Gasteiger partial charge in [-0.3, -0.25) is 4.99 Å². The first-order valence-electron chi connectivity index (χ1n) is 8.13. The zero-order valence-electron chi connectivity index (χ0n) is 15.3. The lowest BCUT2D eigenvalue weighted by Gasteiger charge is -2.21. The van der Waals surface area contributed by atoms with Crippen molar-refractivity contribution in [3.8, 4) is 5.75 Å². The highest BCUT2D eigenvalue weighted by Crippen LogP contribution is 2.25. The molecule has 0 fully saturated rings. The summed E-state index contributed by atoms with van der Waals surface area (Å²) in [6.45, 7) is 11.2. The van der Waals surface area contributed by atoms with Gasteiger partial charge in [-0.05, 0) is 38.7 Å². The van der Waals surface area contributed by atoms with Crippen LogP contribution in [-0.4, -0.2) is 43.7 Å². The van der Waals surface area contributed by atoms with Gasteiger partial charge in [0.05, 0.1) is 13.7 Å². The number of hydrogen-bond acceptors (Lipinski definition) is 3. The number of para-hydroxylation sites is 1. The number of methoxy groups -OCH3 is 1. The van der Waals surface area contributed by atoms with Crippen molar-refractivity contribution in [2.75, 3.05) is 33.0 Å². The summed E-state index contributed by atoms with van der Waals surface area (Å²) in [6, 6.07) is 8.17. The first-order valence-corrected chi connectivity index (χ1v) is 9.36. The van der Waals surface area contributed by atoms with Gasteiger partial charge in [0.15, 0.2) is 5.96 Å². The lowest BCUT2D eigenvalue weighted by molar-refractivity contribution is 0.406. The van der Waals surface area contributed by atoms with Crippen molar-refractivity contribution in [1.29, 1.82) is 0 Å². The van der Waals surface area contributed by atoms with Crippen molar-refractivity contribution in [3.05, 3.63) is 29.8 Å². The Hall–Kier alpha value is -1.36. The first kappa shape index (κ1) is 19.7. The number of ether oxygens (including phenoxy) is 1. The van der Waals surface area contributed by atoms with E-state index in [1.807, 2.05) is 23.9 Å². The third-order valence-corrected chi connectivity index (χ3v) is 4.99. The number of hydrogen-bond donors (Lipinski definition) is 2. The van der Waals surface area contributed by atoms with Crippen LogP contribution in [0.5, 0.6) is 5.75 Å². The van der Waals surface area contributed by atoms with Crippen LogP contribution in [0, 0.1) is 0 Å². The zero-order valence-corrected chi connectivity index (χ0v) is 16.1. The Morgan fingerprint density at radius 3 is 2.61 bits per heavy atom. The molecule has 0 aliphatic rings. The van der Waals surface area contributed by atoms with Gasteiger partial charge in [0.1, 0.15) is 5.75 Å². The molecule has 0 saturated carbocycles. The van der Waals surface area contributed by atoms with Gasteiger partial charge in [-0.25, -0.2) is 0 Å². The molecule has 1 aromatic rings. The topological polar surface area (TPSA) is 45.7 Å². The summed E-state index contributed by atoms with van der Waals surface area (Å²) in [5.74, 6) is 2.15. The molecule has 130 valence electrons. The highest BCUT2D eigenvalue weighted by Gasteiger charge is 2.16. The lowest BCUT2D eigenvalue weighted by Crippen LogP contribution is -2.40. The largest absolute Gasteiger partial charge is 0.496 e. The molecule has 0 saturated heterocycles. The second-order valence-corrected chi connectivity index (χ2v) is 7.70. The summed E-state index contributed by atoms with van der Waals surface area (Å²) >= 11 is 1.83. The molecule has 4 nitrogen and oxygen atoms in total. The van der Waals surface area contributed by atoms with Gasteiger partial charge in [0.2, 0.25) is 0 Å². The van der Waals surface area contributed by atoms with Gasteiger partial charge in [0, 0.05) is 23.8 Å². The number of nitrogens with zero attached hydrogens (tertiary/aromatic N) is 1. The molecule has 0 aliphatic carbocycles. The van der Waals surface area contributed by atoms with Crippen LogP contribution in [0.25, 0.3) is 0 Å². The molecule has 0 radical (unpaired) electrons. The SMILES string of the molecule is CCNC(=NCC(C)(C)SC)NCC(C)c1ccccc1OC. The fourth-order valence-electron chi connectivity index (χ4n) is 2.11. The average Bonchev–Trinajstić information content (AvgIpc) is 2.57. The van der Waals surface area contributed by atoms with Crippen molar-refractivity contribution in [2.45, 2.75) is 38.4 Å². The van der Waals surface area contributed by atoms with Gasteiger partial charge in [0.25, 0.3) is 0 Å². The fourth-order valence-corrected chi connectivity index (χ4v) is 2.30. The summed E-state index contributed by atoms with van der Waals surface area (Å²) in [5, 5.41) is 6.75. The maximum absolute atomic E-state index is 5.45. The lowest BCUT2D eigenvalue weighted by atomic mass is 10.0. The van der Waals surface area contributed by atoms with E-state index in [2.05, 4.69) is 56.7 Å². The Labute approximate surface area is 145 Å². The van der Waals surface area contributed by atoms with Gasteiger partial charge in [-0.15, -0.1) is 0 Å². The Kier molecular flexibility index (Phi) is 8.31. The molecule has 0 amide bonds. The highest BCUT2D eigenvalue weighted by molar-refractivity contribution is 7.99. The molecule has 1 rings (SSSR count). The number of benzene rings is 1. The van der Waals surface area contributed by atoms with Gasteiger partial charge < -0.3 is 15.4 Å². The minimum Gasteiger partial charge on any atom is -0.496 e. The van der Waals surface area contributed by atoms with Gasteiger partial charge in [-0.2, -0.15) is 11.8 Å². The van der Waals surface area contributed by atoms with E-state index < -0.39 is 0 Å². The maximum atomic E-state index is 5.45. The Morgan fingerprint density at radius 1 is 1.30 bits per heavy atom. The molecular formula is C18H31N3OS. The van der Waals surface area contributed by atoms with E-state index in [1.54, 1.807) is 7.11 Å². The average molecular weight is 338 g/mol. The zero-order chi connectivity index (χ0) is 17.3. The van der Waals surface area contributed by atoms with Gasteiger partial charge >= 0.3 is 0 Å². The molecule has 2 N–H and O–H groups in total. The fraction of sp³-hybridized carbons (Fsp3) is 0.611. The van der Waals surface area contributed by atoms with Crippen molar-refractivity contribution in [1.82, 2.24) is 10.6 Å². The molecule has 0 aromatic heterocycles. The van der Waals surface area contributed by atoms with E-state index in [-0.39, 0.29) is 4.75 Å². The van der Waals surface area contributed by atoms with E-state index in [9.17, 15) is 0 Å². The molecular weight excluding hydrogens is 306 g/mol. The predicted molar refractivity (Wildman–Crippen MR) is 103 cm³/mol. The summed E-state index contributed by atoms with van der Waals surface area (Å²) in [7, 11) is 1.72. The van der Waals surface area contributed by atoms with Crippen LogP contribution in [0.4, 0.5) is 0 Å². The number of rotatable bonds is 8. The summed E-state index contributed by atoms with van der Waals surface area (Å²) in [6.07, 6.45) is 2.12. The van der Waals surface area contributed by atoms with E-state index in [0.717, 1.165) is 31.3 Å². The van der Waals surface area contributed by atoms with Crippen LogP contribution >= 0.6 is 11.8 Å². The molecule has 5 heteroatoms. The van der Waals surface area contributed by atoms with Crippen LogP contribution < -0.4 is 15.4 Å². The first-order chi connectivity index (χ1) is 10.9. The third kappa shape index (κ3) is 6.73. The second kappa shape index (κ2) is 9.71. The molecule has 1 aromatic carbocycles. The summed E-state index contributed by atoms with van der Waals surface area (Å²) in [4.78, 5) is 4.71. The Balaban J connectivity index is 2.69. The van der Waals surface area contributed by atoms with Crippen molar-refractivity contribution >= 4 is 17.7 Å². The molecule has 0 aliphatic heterocycles. The summed E-state index contributed by atoms with van der Waals surface area (Å²) < 4.78 is 5.60. The van der Waals surface area contributed by atoms with Crippen LogP contribution in [0.15, 0.2) is 29.3 Å². The van der Waals surface area contributed by atoms with Crippen molar-refractivity contribution in [2.24, 2.45) is 4.99 Å². The molecule has 23 heavy (non-hydrogen) atoms. The van der Waals surface area contributed by atoms with E-state index in [4.69, 9.17) is 9.73 Å².